The number of likely N-dealkylation sites (N-methyl/N-ethyl adjacent to an activating group) is 1. The van der Waals surface area contributed by atoms with Crippen molar-refractivity contribution in [1.29, 1.82) is 0 Å². The van der Waals surface area contributed by atoms with E-state index >= 15 is 4.39 Å². The van der Waals surface area contributed by atoms with Gasteiger partial charge in [0.15, 0.2) is 0 Å². The molecular weight excluding hydrogens is 639 g/mol. The summed E-state index contributed by atoms with van der Waals surface area (Å²) in [6.07, 6.45) is -4.73. The third kappa shape index (κ3) is 9.49. The number of amides is 2. The fourth-order valence-corrected chi connectivity index (χ4v) is 5.44. The lowest BCUT2D eigenvalue weighted by atomic mass is 9.90. The Bertz CT molecular complexity index is 1710. The Labute approximate surface area is 274 Å². The first-order chi connectivity index (χ1) is 22.3. The van der Waals surface area contributed by atoms with Gasteiger partial charge in [-0.1, -0.05) is 13.8 Å². The molecule has 0 bridgehead atoms. The van der Waals surface area contributed by atoms with Crippen LogP contribution in [0.1, 0.15) is 65.3 Å². The number of hydrogen-bond donors (Lipinski definition) is 3. The summed E-state index contributed by atoms with van der Waals surface area (Å²) in [6, 6.07) is 3.32. The minimum Gasteiger partial charge on any atom is -0.481 e. The molecule has 3 rings (SSSR count). The molecule has 14 heteroatoms. The van der Waals surface area contributed by atoms with Crippen molar-refractivity contribution >= 4 is 17.8 Å². The number of pyridine rings is 1. The number of rotatable bonds is 13. The zero-order valence-electron chi connectivity index (χ0n) is 27.5. The predicted octanol–water partition coefficient (Wildman–Crippen LogP) is 5.47. The van der Waals surface area contributed by atoms with Crippen molar-refractivity contribution in [2.24, 2.45) is 5.92 Å². The van der Waals surface area contributed by atoms with Crippen LogP contribution in [0.25, 0.3) is 11.1 Å². The van der Waals surface area contributed by atoms with Crippen molar-refractivity contribution < 1.29 is 41.4 Å². The summed E-state index contributed by atoms with van der Waals surface area (Å²) in [5.41, 5.74) is -2.85. The number of carbonyl (C=O) groups excluding carboxylic acids is 2. The number of halogens is 5. The van der Waals surface area contributed by atoms with E-state index in [1.54, 1.807) is 13.8 Å². The summed E-state index contributed by atoms with van der Waals surface area (Å²) in [7, 11) is 3.62. The highest BCUT2D eigenvalue weighted by Gasteiger charge is 2.38. The molecule has 0 radical (unpaired) electrons. The van der Waals surface area contributed by atoms with Crippen LogP contribution < -0.4 is 16.2 Å². The van der Waals surface area contributed by atoms with Gasteiger partial charge in [0.25, 0.3) is 11.5 Å². The van der Waals surface area contributed by atoms with Gasteiger partial charge in [-0.25, -0.2) is 8.78 Å². The molecular formula is C34H39F5N4O5. The van der Waals surface area contributed by atoms with E-state index in [-0.39, 0.29) is 46.7 Å². The van der Waals surface area contributed by atoms with Crippen molar-refractivity contribution in [2.75, 3.05) is 20.6 Å². The molecule has 0 spiro atoms. The van der Waals surface area contributed by atoms with Crippen LogP contribution in [0.15, 0.2) is 47.4 Å². The van der Waals surface area contributed by atoms with E-state index in [0.29, 0.717) is 12.6 Å². The summed E-state index contributed by atoms with van der Waals surface area (Å²) >= 11 is 0. The Hall–Kier alpha value is -4.59. The van der Waals surface area contributed by atoms with E-state index in [4.69, 9.17) is 0 Å². The Morgan fingerprint density at radius 1 is 1.00 bits per heavy atom. The van der Waals surface area contributed by atoms with Gasteiger partial charge in [0.1, 0.15) is 23.2 Å². The molecule has 0 unspecified atom stereocenters. The van der Waals surface area contributed by atoms with E-state index in [0.717, 1.165) is 18.2 Å². The maximum Gasteiger partial charge on any atom is 0.419 e. The van der Waals surface area contributed by atoms with Gasteiger partial charge >= 0.3 is 12.1 Å². The van der Waals surface area contributed by atoms with Crippen molar-refractivity contribution in [3.63, 3.8) is 0 Å². The normalized spacial score (nSPS) is 13.0. The number of nitrogens with one attached hydrogen (secondary N) is 2. The number of carbonyl (C=O) groups is 3. The molecule has 2 amide bonds. The van der Waals surface area contributed by atoms with Crippen LogP contribution in [0.4, 0.5) is 22.0 Å². The third-order valence-corrected chi connectivity index (χ3v) is 7.64. The lowest BCUT2D eigenvalue weighted by molar-refractivity contribution is -0.140. The average Bonchev–Trinajstić information content (AvgIpc) is 2.94. The second-order valence-corrected chi connectivity index (χ2v) is 12.4. The lowest BCUT2D eigenvalue weighted by Gasteiger charge is -2.26. The van der Waals surface area contributed by atoms with Crippen LogP contribution in [0.3, 0.4) is 0 Å². The minimum atomic E-state index is -5.21. The number of benzene rings is 2. The molecule has 48 heavy (non-hydrogen) atoms. The Morgan fingerprint density at radius 3 is 2.17 bits per heavy atom. The van der Waals surface area contributed by atoms with Gasteiger partial charge in [0.2, 0.25) is 5.91 Å². The van der Waals surface area contributed by atoms with Crippen molar-refractivity contribution in [3.05, 3.63) is 92.4 Å². The smallest absolute Gasteiger partial charge is 0.419 e. The average molecular weight is 679 g/mol. The van der Waals surface area contributed by atoms with Gasteiger partial charge in [-0.15, -0.1) is 0 Å². The highest BCUT2D eigenvalue weighted by Crippen LogP contribution is 2.40. The van der Waals surface area contributed by atoms with Crippen LogP contribution >= 0.6 is 0 Å². The molecule has 2 atom stereocenters. The number of nitrogens with zero attached hydrogens (tertiary/aromatic N) is 2. The quantitative estimate of drug-likeness (QED) is 0.207. The molecule has 2 aromatic carbocycles. The maximum atomic E-state index is 15.7. The van der Waals surface area contributed by atoms with Crippen LogP contribution in [0, 0.1) is 31.4 Å². The van der Waals surface area contributed by atoms with Crippen LogP contribution in [0.5, 0.6) is 0 Å². The first-order valence-corrected chi connectivity index (χ1v) is 15.1. The highest BCUT2D eigenvalue weighted by molar-refractivity contribution is 5.97. The van der Waals surface area contributed by atoms with E-state index in [1.807, 2.05) is 19.0 Å². The Morgan fingerprint density at radius 2 is 1.62 bits per heavy atom. The summed E-state index contributed by atoms with van der Waals surface area (Å²) in [5.74, 6) is -6.11. The molecule has 3 aromatic rings. The Kier molecular flexibility index (Phi) is 12.3. The summed E-state index contributed by atoms with van der Waals surface area (Å²) in [5, 5.41) is 14.5. The molecule has 1 heterocycles. The first kappa shape index (κ1) is 37.9. The second kappa shape index (κ2) is 15.5. The number of carboxylic acids is 1. The third-order valence-electron chi connectivity index (χ3n) is 7.64. The first-order valence-electron chi connectivity index (χ1n) is 15.1. The molecule has 9 nitrogen and oxygen atoms in total. The zero-order chi connectivity index (χ0) is 36.1. The maximum absolute atomic E-state index is 15.7. The van der Waals surface area contributed by atoms with Gasteiger partial charge in [-0.3, -0.25) is 19.2 Å². The topological polar surface area (TPSA) is 121 Å². The number of alkyl halides is 3. The predicted molar refractivity (Wildman–Crippen MR) is 169 cm³/mol. The van der Waals surface area contributed by atoms with Gasteiger partial charge in [0, 0.05) is 24.8 Å². The molecule has 0 aliphatic heterocycles. The number of aryl methyl sites for hydroxylation is 2. The van der Waals surface area contributed by atoms with E-state index in [9.17, 15) is 41.8 Å². The summed E-state index contributed by atoms with van der Waals surface area (Å²) in [4.78, 5) is 53.6. The monoisotopic (exact) mass is 678 g/mol. The van der Waals surface area contributed by atoms with Crippen LogP contribution in [0.2, 0.25) is 0 Å². The Balaban J connectivity index is 2.07. The fourth-order valence-electron chi connectivity index (χ4n) is 5.44. The minimum absolute atomic E-state index is 0.0106. The number of hydrogen-bond acceptors (Lipinski definition) is 5. The van der Waals surface area contributed by atoms with Crippen molar-refractivity contribution in [3.8, 4) is 11.1 Å². The largest absolute Gasteiger partial charge is 0.481 e. The van der Waals surface area contributed by atoms with Gasteiger partial charge in [-0.2, -0.15) is 13.2 Å². The molecule has 0 aliphatic carbocycles. The van der Waals surface area contributed by atoms with Gasteiger partial charge < -0.3 is 25.2 Å². The van der Waals surface area contributed by atoms with Gasteiger partial charge in [-0.05, 0) is 98.9 Å². The molecule has 0 fully saturated rings. The van der Waals surface area contributed by atoms with E-state index in [1.165, 1.54) is 36.7 Å². The molecule has 0 saturated heterocycles. The van der Waals surface area contributed by atoms with Crippen LogP contribution in [-0.4, -0.2) is 59.0 Å². The number of aromatic nitrogens is 1. The molecule has 0 saturated carbocycles. The molecule has 3 N–H and O–H groups in total. The SMILES string of the molecule is Cc1cc(F)cc(C)c1-c1cc([C@H](CC(=O)O)NC(=O)[C@H](CC(C)C)NC(=O)c2cccn(CCN(C)C)c2=O)c(F)c(C(F)(F)F)c1. The van der Waals surface area contributed by atoms with Crippen molar-refractivity contribution in [2.45, 2.75) is 65.3 Å². The van der Waals surface area contributed by atoms with Gasteiger partial charge in [0.05, 0.1) is 18.0 Å². The molecule has 1 aromatic heterocycles. The molecule has 260 valence electrons. The molecule has 0 aliphatic rings. The zero-order valence-corrected chi connectivity index (χ0v) is 27.5. The van der Waals surface area contributed by atoms with Crippen LogP contribution in [-0.2, 0) is 22.3 Å². The number of carboxylic acid groups (broad SMARTS) is 1. The lowest BCUT2D eigenvalue weighted by Crippen LogP contribution is -2.49. The van der Waals surface area contributed by atoms with E-state index < -0.39 is 70.8 Å². The summed E-state index contributed by atoms with van der Waals surface area (Å²) in [6.45, 7) is 7.15. The fraction of sp³-hybridized carbons (Fsp3) is 0.412. The second-order valence-electron chi connectivity index (χ2n) is 12.4. The summed E-state index contributed by atoms with van der Waals surface area (Å²) < 4.78 is 73.4. The van der Waals surface area contributed by atoms with Crippen molar-refractivity contribution in [1.82, 2.24) is 20.1 Å². The number of aliphatic carboxylic acids is 1. The highest BCUT2D eigenvalue weighted by atomic mass is 19.4. The standard InChI is InChI=1S/C34H39F5N4O5/c1-18(2)12-27(41-31(46)23-8-7-9-43(33(23)48)11-10-42(5)6)32(47)40-26(17-28(44)45)24-15-21(16-25(30(24)36)34(37,38)39)29-19(3)13-22(35)14-20(29)4/h7-9,13-16,18,26-27H,10-12,17H2,1-6H3,(H,40,47)(H,41,46)(H,44,45)/t26-,27-/m0/s1. The van der Waals surface area contributed by atoms with E-state index in [2.05, 4.69) is 10.6 Å².